The van der Waals surface area contributed by atoms with Crippen LogP contribution < -0.4 is 5.32 Å². The van der Waals surface area contributed by atoms with E-state index in [4.69, 9.17) is 0 Å². The molecule has 1 nitrogen and oxygen atoms in total. The van der Waals surface area contributed by atoms with Crippen LogP contribution in [-0.4, -0.2) is 13.1 Å². The maximum Gasteiger partial charge on any atom is -0.00231 e. The van der Waals surface area contributed by atoms with Crippen molar-refractivity contribution in [2.24, 2.45) is 5.41 Å². The lowest BCUT2D eigenvalue weighted by Gasteiger charge is -2.44. The highest BCUT2D eigenvalue weighted by Crippen LogP contribution is 2.50. The zero-order valence-electron chi connectivity index (χ0n) is 9.97. The summed E-state index contributed by atoms with van der Waals surface area (Å²) >= 11 is 0. The normalized spacial score (nSPS) is 28.0. The van der Waals surface area contributed by atoms with Crippen LogP contribution in [0.3, 0.4) is 0 Å². The number of fused-ring (bicyclic) bond motifs is 2. The smallest absolute Gasteiger partial charge is 0.00231 e. The van der Waals surface area contributed by atoms with Crippen LogP contribution in [0.4, 0.5) is 0 Å². The molecule has 2 fully saturated rings. The van der Waals surface area contributed by atoms with Gasteiger partial charge in [-0.15, -0.1) is 0 Å². The first-order valence-electron chi connectivity index (χ1n) is 6.68. The molecule has 1 saturated heterocycles. The Balaban J connectivity index is 1.96. The fourth-order valence-corrected chi connectivity index (χ4v) is 3.62. The van der Waals surface area contributed by atoms with Crippen LogP contribution >= 0.6 is 0 Å². The molecule has 0 aromatic rings. The van der Waals surface area contributed by atoms with Crippen molar-refractivity contribution < 1.29 is 0 Å². The van der Waals surface area contributed by atoms with Gasteiger partial charge in [0.05, 0.1) is 0 Å². The van der Waals surface area contributed by atoms with Gasteiger partial charge in [-0.25, -0.2) is 0 Å². The summed E-state index contributed by atoms with van der Waals surface area (Å²) in [6.45, 7) is 2.41. The quantitative estimate of drug-likeness (QED) is 0.653. The lowest BCUT2D eigenvalue weighted by atomic mass is 9.63. The predicted octanol–water partition coefficient (Wildman–Crippen LogP) is 3.35. The Labute approximate surface area is 98.3 Å². The van der Waals surface area contributed by atoms with Gasteiger partial charge in [0.2, 0.25) is 0 Å². The number of allylic oxidation sites excluding steroid dienone is 6. The summed E-state index contributed by atoms with van der Waals surface area (Å²) in [7, 11) is 0. The summed E-state index contributed by atoms with van der Waals surface area (Å²) in [4.78, 5) is 0. The second-order valence-corrected chi connectivity index (χ2v) is 5.36. The minimum absolute atomic E-state index is 0.529. The van der Waals surface area contributed by atoms with E-state index in [0.717, 1.165) is 6.42 Å². The summed E-state index contributed by atoms with van der Waals surface area (Å²) in [5, 5.41) is 3.51. The summed E-state index contributed by atoms with van der Waals surface area (Å²) in [5.41, 5.74) is 3.86. The highest BCUT2D eigenvalue weighted by molar-refractivity contribution is 5.43. The molecule has 1 aliphatic heterocycles. The highest BCUT2D eigenvalue weighted by Gasteiger charge is 2.38. The number of rotatable bonds is 0. The molecule has 3 aliphatic rings. The molecule has 0 unspecified atom stereocenters. The van der Waals surface area contributed by atoms with Gasteiger partial charge in [-0.2, -0.15) is 0 Å². The van der Waals surface area contributed by atoms with Crippen molar-refractivity contribution >= 4 is 0 Å². The Morgan fingerprint density at radius 2 is 2.00 bits per heavy atom. The van der Waals surface area contributed by atoms with Crippen LogP contribution in [0.25, 0.3) is 0 Å². The molecular formula is C15H21N. The summed E-state index contributed by atoms with van der Waals surface area (Å²) in [6, 6.07) is 0. The molecule has 0 aromatic carbocycles. The molecule has 0 atom stereocenters. The van der Waals surface area contributed by atoms with E-state index in [1.807, 2.05) is 0 Å². The number of hydrogen-bond donors (Lipinski definition) is 1. The van der Waals surface area contributed by atoms with Crippen LogP contribution in [0.5, 0.6) is 0 Å². The topological polar surface area (TPSA) is 12.0 Å². The molecule has 86 valence electrons. The van der Waals surface area contributed by atoms with E-state index in [9.17, 15) is 0 Å². The third-order valence-electron chi connectivity index (χ3n) is 4.47. The summed E-state index contributed by atoms with van der Waals surface area (Å²) in [6.07, 6.45) is 17.3. The van der Waals surface area contributed by atoms with Crippen LogP contribution in [0.15, 0.2) is 35.5 Å². The van der Waals surface area contributed by atoms with E-state index < -0.39 is 0 Å². The van der Waals surface area contributed by atoms with E-state index in [-0.39, 0.29) is 0 Å². The molecule has 0 radical (unpaired) electrons. The molecule has 0 bridgehead atoms. The lowest BCUT2D eigenvalue weighted by molar-refractivity contribution is 0.218. The van der Waals surface area contributed by atoms with E-state index in [1.54, 1.807) is 11.1 Å². The lowest BCUT2D eigenvalue weighted by Crippen LogP contribution is -2.40. The molecule has 1 spiro atoms. The van der Waals surface area contributed by atoms with Gasteiger partial charge in [-0.1, -0.05) is 24.3 Å². The minimum atomic E-state index is 0.529. The van der Waals surface area contributed by atoms with Gasteiger partial charge in [0.25, 0.3) is 0 Å². The van der Waals surface area contributed by atoms with Gasteiger partial charge in [0.15, 0.2) is 0 Å². The fraction of sp³-hybridized carbons (Fsp3) is 0.600. The SMILES string of the molecule is C1=CCC=C2C(=C1)CCCC21CCNCC1. The average Bonchev–Trinajstić information content (AvgIpc) is 2.57. The monoisotopic (exact) mass is 215 g/mol. The van der Waals surface area contributed by atoms with Crippen LogP contribution in [0.2, 0.25) is 0 Å². The van der Waals surface area contributed by atoms with Crippen molar-refractivity contribution in [3.8, 4) is 0 Å². The maximum absolute atomic E-state index is 3.51. The Hall–Kier alpha value is -0.820. The van der Waals surface area contributed by atoms with E-state index in [1.165, 1.54) is 45.2 Å². The Morgan fingerprint density at radius 1 is 1.12 bits per heavy atom. The molecule has 16 heavy (non-hydrogen) atoms. The van der Waals surface area contributed by atoms with Crippen LogP contribution in [0, 0.1) is 5.41 Å². The molecule has 0 aromatic heterocycles. The zero-order valence-corrected chi connectivity index (χ0v) is 9.97. The standard InChI is InChI=1S/C15H21N/c1-2-5-13-6-4-8-15(14(13)7-3-1)9-11-16-12-10-15/h1-2,5,7,16H,3-4,6,8-12H2. The van der Waals surface area contributed by atoms with Gasteiger partial charge >= 0.3 is 0 Å². The highest BCUT2D eigenvalue weighted by atomic mass is 14.9. The molecule has 1 heterocycles. The van der Waals surface area contributed by atoms with Crippen LogP contribution in [0.1, 0.15) is 38.5 Å². The minimum Gasteiger partial charge on any atom is -0.317 e. The number of nitrogens with one attached hydrogen (secondary N) is 1. The fourth-order valence-electron chi connectivity index (χ4n) is 3.62. The first-order valence-corrected chi connectivity index (χ1v) is 6.68. The molecule has 1 N–H and O–H groups in total. The summed E-state index contributed by atoms with van der Waals surface area (Å²) < 4.78 is 0. The van der Waals surface area contributed by atoms with Gasteiger partial charge in [0, 0.05) is 0 Å². The number of hydrogen-bond acceptors (Lipinski definition) is 1. The van der Waals surface area contributed by atoms with Gasteiger partial charge < -0.3 is 5.32 Å². The molecule has 0 amide bonds. The molecular weight excluding hydrogens is 194 g/mol. The molecule has 2 aliphatic carbocycles. The van der Waals surface area contributed by atoms with Gasteiger partial charge in [-0.3, -0.25) is 0 Å². The van der Waals surface area contributed by atoms with E-state index >= 15 is 0 Å². The molecule has 3 rings (SSSR count). The Bertz CT molecular complexity index is 348. The van der Waals surface area contributed by atoms with E-state index in [0.29, 0.717) is 5.41 Å². The third kappa shape index (κ3) is 1.67. The second-order valence-electron chi connectivity index (χ2n) is 5.36. The van der Waals surface area contributed by atoms with Gasteiger partial charge in [-0.05, 0) is 68.2 Å². The van der Waals surface area contributed by atoms with Crippen molar-refractivity contribution in [2.75, 3.05) is 13.1 Å². The summed E-state index contributed by atoms with van der Waals surface area (Å²) in [5.74, 6) is 0. The largest absolute Gasteiger partial charge is 0.317 e. The first-order chi connectivity index (χ1) is 7.91. The van der Waals surface area contributed by atoms with Gasteiger partial charge in [0.1, 0.15) is 0 Å². The molecule has 1 saturated carbocycles. The van der Waals surface area contributed by atoms with Crippen molar-refractivity contribution in [2.45, 2.75) is 38.5 Å². The van der Waals surface area contributed by atoms with Crippen molar-refractivity contribution in [1.29, 1.82) is 0 Å². The first kappa shape index (κ1) is 10.3. The average molecular weight is 215 g/mol. The number of piperidine rings is 1. The van der Waals surface area contributed by atoms with Crippen LogP contribution in [-0.2, 0) is 0 Å². The Kier molecular flexibility index (Phi) is 2.72. The third-order valence-corrected chi connectivity index (χ3v) is 4.47. The zero-order chi connectivity index (χ0) is 10.8. The van der Waals surface area contributed by atoms with Crippen molar-refractivity contribution in [3.05, 3.63) is 35.5 Å². The molecule has 1 heteroatoms. The predicted molar refractivity (Wildman–Crippen MR) is 68.3 cm³/mol. The van der Waals surface area contributed by atoms with Crippen molar-refractivity contribution in [1.82, 2.24) is 5.32 Å². The van der Waals surface area contributed by atoms with Crippen molar-refractivity contribution in [3.63, 3.8) is 0 Å². The Morgan fingerprint density at radius 3 is 2.88 bits per heavy atom. The maximum atomic E-state index is 3.51. The van der Waals surface area contributed by atoms with E-state index in [2.05, 4.69) is 29.6 Å². The second kappa shape index (κ2) is 4.21.